The first kappa shape index (κ1) is 16.1. The summed E-state index contributed by atoms with van der Waals surface area (Å²) in [6.07, 6.45) is 1.98. The van der Waals surface area contributed by atoms with Crippen molar-refractivity contribution in [3.05, 3.63) is 17.3 Å². The van der Waals surface area contributed by atoms with Gasteiger partial charge >= 0.3 is 17.8 Å². The van der Waals surface area contributed by atoms with Gasteiger partial charge in [0.05, 0.1) is 4.91 Å². The van der Waals surface area contributed by atoms with Gasteiger partial charge in [0, 0.05) is 26.2 Å². The highest BCUT2D eigenvalue weighted by Gasteiger charge is 2.27. The van der Waals surface area contributed by atoms with E-state index in [1.54, 1.807) is 25.7 Å². The second kappa shape index (κ2) is 6.65. The first-order valence-corrected chi connectivity index (χ1v) is 7.01. The lowest BCUT2D eigenvalue weighted by Gasteiger charge is -2.25. The van der Waals surface area contributed by atoms with Crippen molar-refractivity contribution < 1.29 is 19.3 Å². The lowest BCUT2D eigenvalue weighted by Crippen LogP contribution is -2.47. The summed E-state index contributed by atoms with van der Waals surface area (Å²) in [4.78, 5) is 38.3. The second-order valence-electron chi connectivity index (χ2n) is 5.79. The number of hydrogen-bond acceptors (Lipinski definition) is 7. The molecule has 120 valence electrons. The molecule has 0 unspecified atom stereocenters. The number of aromatic nitrogens is 2. The summed E-state index contributed by atoms with van der Waals surface area (Å²) in [5.41, 5.74) is -0.508. The van der Waals surface area contributed by atoms with Crippen LogP contribution >= 0.6 is 0 Å². The molecule has 0 atom stereocenters. The van der Waals surface area contributed by atoms with E-state index in [1.807, 2.05) is 0 Å². The van der Waals surface area contributed by atoms with Crippen LogP contribution in [-0.4, -0.2) is 57.7 Å². The maximum Gasteiger partial charge on any atom is 0.417 e. The third-order valence-electron chi connectivity index (χ3n) is 2.74. The van der Waals surface area contributed by atoms with E-state index < -0.39 is 11.7 Å². The Bertz CT molecular complexity index is 534. The maximum absolute atomic E-state index is 11.9. The molecular formula is C13H20N5O4+. The van der Waals surface area contributed by atoms with Crippen LogP contribution in [0.15, 0.2) is 12.4 Å². The average Bonchev–Trinajstić information content (AvgIpc) is 2.47. The van der Waals surface area contributed by atoms with Gasteiger partial charge in [-0.1, -0.05) is 0 Å². The Kier molecular flexibility index (Phi) is 4.86. The number of rotatable bonds is 3. The molecule has 1 aliphatic rings. The van der Waals surface area contributed by atoms with E-state index in [9.17, 15) is 9.70 Å². The van der Waals surface area contributed by atoms with Crippen LogP contribution in [0.4, 0.5) is 10.5 Å². The minimum atomic E-state index is -0.630. The molecule has 2 rings (SSSR count). The lowest BCUT2D eigenvalue weighted by atomic mass is 10.2. The number of amides is 1. The van der Waals surface area contributed by atoms with E-state index in [-0.39, 0.29) is 11.7 Å². The van der Waals surface area contributed by atoms with Crippen molar-refractivity contribution in [2.75, 3.05) is 26.2 Å². The van der Waals surface area contributed by atoms with E-state index in [2.05, 4.69) is 15.3 Å². The van der Waals surface area contributed by atoms with E-state index in [1.165, 1.54) is 12.4 Å². The fraction of sp³-hybridized carbons (Fsp3) is 0.615. The van der Waals surface area contributed by atoms with Crippen LogP contribution in [-0.2, 0) is 4.84 Å². The fourth-order valence-corrected chi connectivity index (χ4v) is 1.75. The number of carbonyl (C=O) groups excluding carboxylic acids is 1. The molecule has 22 heavy (non-hydrogen) atoms. The van der Waals surface area contributed by atoms with Gasteiger partial charge in [-0.15, -0.1) is 0 Å². The zero-order valence-electron chi connectivity index (χ0n) is 12.9. The molecule has 2 heterocycles. The Labute approximate surface area is 128 Å². The Morgan fingerprint density at radius 3 is 2.41 bits per heavy atom. The Morgan fingerprint density at radius 1 is 1.27 bits per heavy atom. The first-order valence-electron chi connectivity index (χ1n) is 7.01. The molecule has 0 aromatic carbocycles. The van der Waals surface area contributed by atoms with Gasteiger partial charge in [0.15, 0.2) is 5.60 Å². The Morgan fingerprint density at radius 2 is 1.86 bits per heavy atom. The SMILES string of the molecule is CC(C)(C)O[N+](=O)c1cnc(OC(=O)N2CCNCC2)nc1. The summed E-state index contributed by atoms with van der Waals surface area (Å²) >= 11 is 0. The van der Waals surface area contributed by atoms with E-state index in [4.69, 9.17) is 9.57 Å². The van der Waals surface area contributed by atoms with Crippen LogP contribution in [0.2, 0.25) is 0 Å². The molecule has 1 aromatic heterocycles. The van der Waals surface area contributed by atoms with E-state index in [0.29, 0.717) is 18.0 Å². The number of carbonyl (C=O) groups is 1. The van der Waals surface area contributed by atoms with Crippen LogP contribution in [0.5, 0.6) is 6.01 Å². The van der Waals surface area contributed by atoms with Gasteiger partial charge in [-0.3, -0.25) is 0 Å². The summed E-state index contributed by atoms with van der Waals surface area (Å²) < 4.78 is 5.07. The summed E-state index contributed by atoms with van der Waals surface area (Å²) in [5, 5.41) is 3.14. The summed E-state index contributed by atoms with van der Waals surface area (Å²) in [6, 6.07) is -0.101. The van der Waals surface area contributed by atoms with Gasteiger partial charge in [-0.2, -0.15) is 9.97 Å². The van der Waals surface area contributed by atoms with Crippen LogP contribution < -0.4 is 10.1 Å². The Balaban J connectivity index is 1.94. The lowest BCUT2D eigenvalue weighted by molar-refractivity contribution is -0.766. The quantitative estimate of drug-likeness (QED) is 0.832. The van der Waals surface area contributed by atoms with Crippen molar-refractivity contribution in [2.45, 2.75) is 26.4 Å². The molecule has 1 amide bonds. The van der Waals surface area contributed by atoms with E-state index in [0.717, 1.165) is 13.1 Å². The average molecular weight is 310 g/mol. The van der Waals surface area contributed by atoms with Crippen molar-refractivity contribution in [1.82, 2.24) is 20.2 Å². The summed E-state index contributed by atoms with van der Waals surface area (Å²) in [6.45, 7) is 7.86. The minimum absolute atomic E-state index is 0.101. The van der Waals surface area contributed by atoms with Gasteiger partial charge in [-0.25, -0.2) is 9.63 Å². The van der Waals surface area contributed by atoms with Crippen LogP contribution in [0.3, 0.4) is 0 Å². The van der Waals surface area contributed by atoms with Gasteiger partial charge in [-0.05, 0) is 20.8 Å². The predicted molar refractivity (Wildman–Crippen MR) is 76.6 cm³/mol. The highest BCUT2D eigenvalue weighted by Crippen LogP contribution is 2.16. The van der Waals surface area contributed by atoms with E-state index >= 15 is 0 Å². The fourth-order valence-electron chi connectivity index (χ4n) is 1.75. The number of piperazine rings is 1. The van der Waals surface area contributed by atoms with Gasteiger partial charge in [0.25, 0.3) is 4.92 Å². The molecule has 0 spiro atoms. The van der Waals surface area contributed by atoms with Crippen LogP contribution in [0.1, 0.15) is 20.8 Å². The van der Waals surface area contributed by atoms with Gasteiger partial charge in [0.1, 0.15) is 12.4 Å². The largest absolute Gasteiger partial charge is 0.417 e. The highest BCUT2D eigenvalue weighted by atomic mass is 16.8. The van der Waals surface area contributed by atoms with Crippen molar-refractivity contribution >= 4 is 11.8 Å². The number of hydrogen-bond donors (Lipinski definition) is 1. The topological polar surface area (TPSA) is 96.7 Å². The zero-order valence-corrected chi connectivity index (χ0v) is 12.9. The number of ether oxygens (including phenoxy) is 1. The molecule has 1 saturated heterocycles. The van der Waals surface area contributed by atoms with Crippen molar-refractivity contribution in [3.8, 4) is 6.01 Å². The molecule has 9 heteroatoms. The summed E-state index contributed by atoms with van der Waals surface area (Å²) in [5.74, 6) is 0. The molecule has 0 saturated carbocycles. The number of nitrogens with zero attached hydrogens (tertiary/aromatic N) is 4. The molecule has 9 nitrogen and oxygen atoms in total. The first-order chi connectivity index (χ1) is 10.3. The standard InChI is InChI=1S/C13H20N5O4/c1-13(2,3)22-18(20)10-8-15-11(16-9-10)21-12(19)17-6-4-14-5-7-17/h8-9,14H,4-7H2,1-3H3/q+1. The smallest absolute Gasteiger partial charge is 0.374 e. The zero-order chi connectivity index (χ0) is 16.2. The minimum Gasteiger partial charge on any atom is -0.374 e. The Hall–Kier alpha value is -2.29. The van der Waals surface area contributed by atoms with Gasteiger partial charge < -0.3 is 15.0 Å². The summed E-state index contributed by atoms with van der Waals surface area (Å²) in [7, 11) is 0. The molecule has 0 bridgehead atoms. The van der Waals surface area contributed by atoms with Crippen molar-refractivity contribution in [2.24, 2.45) is 0 Å². The molecule has 1 aliphatic heterocycles. The monoisotopic (exact) mass is 310 g/mol. The molecular weight excluding hydrogens is 290 g/mol. The molecule has 1 aromatic rings. The van der Waals surface area contributed by atoms with Crippen molar-refractivity contribution in [3.63, 3.8) is 0 Å². The van der Waals surface area contributed by atoms with Crippen LogP contribution in [0.25, 0.3) is 0 Å². The third kappa shape index (κ3) is 4.62. The van der Waals surface area contributed by atoms with Gasteiger partial charge in [0.2, 0.25) is 0 Å². The van der Waals surface area contributed by atoms with Crippen molar-refractivity contribution in [1.29, 1.82) is 0 Å². The molecule has 0 radical (unpaired) electrons. The highest BCUT2D eigenvalue weighted by molar-refractivity contribution is 5.69. The number of nitrogens with one attached hydrogen (secondary N) is 1. The third-order valence-corrected chi connectivity index (χ3v) is 2.74. The molecule has 1 N–H and O–H groups in total. The maximum atomic E-state index is 11.9. The van der Waals surface area contributed by atoms with Crippen LogP contribution in [0, 0.1) is 4.91 Å². The normalized spacial score (nSPS) is 15.3. The second-order valence-corrected chi connectivity index (χ2v) is 5.79. The predicted octanol–water partition coefficient (Wildman–Crippen LogP) is 1.02. The molecule has 1 fully saturated rings. The molecule has 0 aliphatic carbocycles.